The minimum absolute atomic E-state index is 0.312. The average molecular weight is 414 g/mol. The SMILES string of the molecule is Cn1c(COc2ccc(Cl)cc2)nnc1SCc1noc(-c2ccccc2)n1. The van der Waals surface area contributed by atoms with Crippen LogP contribution in [0, 0.1) is 0 Å². The third-order valence-corrected chi connectivity index (χ3v) is 5.19. The lowest BCUT2D eigenvalue weighted by atomic mass is 10.2. The Labute approximate surface area is 170 Å². The minimum Gasteiger partial charge on any atom is -0.486 e. The van der Waals surface area contributed by atoms with Crippen molar-refractivity contribution in [1.82, 2.24) is 24.9 Å². The fourth-order valence-electron chi connectivity index (χ4n) is 2.41. The molecule has 0 amide bonds. The van der Waals surface area contributed by atoms with E-state index in [1.807, 2.05) is 54.1 Å². The van der Waals surface area contributed by atoms with Gasteiger partial charge >= 0.3 is 0 Å². The Hall–Kier alpha value is -2.84. The highest BCUT2D eigenvalue weighted by Crippen LogP contribution is 2.23. The molecule has 2 heterocycles. The van der Waals surface area contributed by atoms with Crippen molar-refractivity contribution in [3.05, 3.63) is 71.3 Å². The van der Waals surface area contributed by atoms with Gasteiger partial charge in [0, 0.05) is 17.6 Å². The van der Waals surface area contributed by atoms with Gasteiger partial charge in [0.05, 0.1) is 5.75 Å². The lowest BCUT2D eigenvalue weighted by Crippen LogP contribution is -2.04. The maximum atomic E-state index is 5.88. The summed E-state index contributed by atoms with van der Waals surface area (Å²) >= 11 is 7.36. The fourth-order valence-corrected chi connectivity index (χ4v) is 3.31. The molecule has 9 heteroatoms. The Balaban J connectivity index is 1.36. The van der Waals surface area contributed by atoms with Crippen LogP contribution in [0.2, 0.25) is 5.02 Å². The summed E-state index contributed by atoms with van der Waals surface area (Å²) in [5.74, 6) is 3.08. The number of halogens is 1. The van der Waals surface area contributed by atoms with Crippen molar-refractivity contribution in [2.24, 2.45) is 7.05 Å². The van der Waals surface area contributed by atoms with Crippen LogP contribution in [0.3, 0.4) is 0 Å². The first-order valence-corrected chi connectivity index (χ1v) is 9.83. The standard InChI is InChI=1S/C19H16ClN5O2S/c1-25-17(11-26-15-9-7-14(20)8-10-15)22-23-19(25)28-12-16-21-18(27-24-16)13-5-3-2-4-6-13/h2-10H,11-12H2,1H3. The summed E-state index contributed by atoms with van der Waals surface area (Å²) in [7, 11) is 1.90. The van der Waals surface area contributed by atoms with E-state index in [4.69, 9.17) is 20.9 Å². The van der Waals surface area contributed by atoms with Gasteiger partial charge in [-0.3, -0.25) is 0 Å². The van der Waals surface area contributed by atoms with Crippen molar-refractivity contribution in [1.29, 1.82) is 0 Å². The number of hydrogen-bond donors (Lipinski definition) is 0. The molecule has 0 bridgehead atoms. The average Bonchev–Trinajstić information content (AvgIpc) is 3.34. The molecular formula is C19H16ClN5O2S. The summed E-state index contributed by atoms with van der Waals surface area (Å²) in [5.41, 5.74) is 0.895. The molecule has 7 nitrogen and oxygen atoms in total. The molecule has 2 aromatic carbocycles. The molecular weight excluding hydrogens is 398 g/mol. The summed E-state index contributed by atoms with van der Waals surface area (Å²) in [6.07, 6.45) is 0. The number of aromatic nitrogens is 5. The molecule has 0 aliphatic carbocycles. The van der Waals surface area contributed by atoms with Crippen LogP contribution >= 0.6 is 23.4 Å². The number of nitrogens with zero attached hydrogens (tertiary/aromatic N) is 5. The van der Waals surface area contributed by atoms with E-state index in [2.05, 4.69) is 20.3 Å². The zero-order valence-corrected chi connectivity index (χ0v) is 16.5. The van der Waals surface area contributed by atoms with Gasteiger partial charge in [-0.15, -0.1) is 10.2 Å². The van der Waals surface area contributed by atoms with E-state index in [0.29, 0.717) is 29.1 Å². The van der Waals surface area contributed by atoms with E-state index in [-0.39, 0.29) is 0 Å². The lowest BCUT2D eigenvalue weighted by molar-refractivity contribution is 0.290. The number of ether oxygens (including phenoxy) is 1. The van der Waals surface area contributed by atoms with Crippen LogP contribution in [-0.4, -0.2) is 24.9 Å². The molecule has 0 atom stereocenters. The molecule has 4 aromatic rings. The summed E-state index contributed by atoms with van der Waals surface area (Å²) in [6, 6.07) is 16.9. The van der Waals surface area contributed by atoms with Crippen LogP contribution in [0.1, 0.15) is 11.6 Å². The van der Waals surface area contributed by atoms with E-state index in [1.54, 1.807) is 12.1 Å². The Morgan fingerprint density at radius 2 is 1.86 bits per heavy atom. The molecule has 0 fully saturated rings. The molecule has 142 valence electrons. The smallest absolute Gasteiger partial charge is 0.257 e. The number of hydrogen-bond acceptors (Lipinski definition) is 7. The molecule has 4 rings (SSSR count). The van der Waals surface area contributed by atoms with E-state index in [1.165, 1.54) is 11.8 Å². The van der Waals surface area contributed by atoms with E-state index in [9.17, 15) is 0 Å². The summed E-state index contributed by atoms with van der Waals surface area (Å²) in [5, 5.41) is 13.8. The Bertz CT molecular complexity index is 1050. The molecule has 0 saturated carbocycles. The molecule has 0 unspecified atom stereocenters. The van der Waals surface area contributed by atoms with Crippen LogP contribution in [0.25, 0.3) is 11.5 Å². The van der Waals surface area contributed by atoms with E-state index < -0.39 is 0 Å². The number of thioether (sulfide) groups is 1. The quantitative estimate of drug-likeness (QED) is 0.415. The maximum Gasteiger partial charge on any atom is 0.257 e. The molecule has 0 N–H and O–H groups in total. The van der Waals surface area contributed by atoms with Gasteiger partial charge < -0.3 is 13.8 Å². The Kier molecular flexibility index (Phi) is 5.59. The normalized spacial score (nSPS) is 10.9. The third kappa shape index (κ3) is 4.35. The molecule has 2 aromatic heterocycles. The first-order valence-electron chi connectivity index (χ1n) is 8.46. The topological polar surface area (TPSA) is 78.9 Å². The van der Waals surface area contributed by atoms with E-state index >= 15 is 0 Å². The van der Waals surface area contributed by atoms with Crippen molar-refractivity contribution in [3.63, 3.8) is 0 Å². The number of benzene rings is 2. The second-order valence-electron chi connectivity index (χ2n) is 5.87. The van der Waals surface area contributed by atoms with Crippen molar-refractivity contribution >= 4 is 23.4 Å². The van der Waals surface area contributed by atoms with Gasteiger partial charge in [0.25, 0.3) is 5.89 Å². The van der Waals surface area contributed by atoms with E-state index in [0.717, 1.165) is 22.3 Å². The largest absolute Gasteiger partial charge is 0.486 e. The Morgan fingerprint density at radius 1 is 1.07 bits per heavy atom. The molecule has 0 radical (unpaired) electrons. The highest BCUT2D eigenvalue weighted by atomic mass is 35.5. The highest BCUT2D eigenvalue weighted by Gasteiger charge is 2.13. The first-order chi connectivity index (χ1) is 13.7. The fraction of sp³-hybridized carbons (Fsp3) is 0.158. The van der Waals surface area contributed by atoms with Gasteiger partial charge in [-0.2, -0.15) is 4.98 Å². The second kappa shape index (κ2) is 8.45. The van der Waals surface area contributed by atoms with Crippen molar-refractivity contribution in [3.8, 4) is 17.2 Å². The molecule has 0 saturated heterocycles. The van der Waals surface area contributed by atoms with Crippen LogP contribution in [-0.2, 0) is 19.4 Å². The third-order valence-electron chi connectivity index (χ3n) is 3.93. The molecule has 0 aliphatic heterocycles. The minimum atomic E-state index is 0.312. The first kappa shape index (κ1) is 18.5. The van der Waals surface area contributed by atoms with Crippen LogP contribution < -0.4 is 4.74 Å². The van der Waals surface area contributed by atoms with Gasteiger partial charge in [-0.1, -0.05) is 46.7 Å². The van der Waals surface area contributed by atoms with Crippen LogP contribution in [0.5, 0.6) is 5.75 Å². The predicted molar refractivity (Wildman–Crippen MR) is 106 cm³/mol. The van der Waals surface area contributed by atoms with Crippen molar-refractivity contribution < 1.29 is 9.26 Å². The van der Waals surface area contributed by atoms with Gasteiger partial charge in [0.15, 0.2) is 16.8 Å². The highest BCUT2D eigenvalue weighted by molar-refractivity contribution is 7.98. The second-order valence-corrected chi connectivity index (χ2v) is 7.25. The molecule has 0 aliphatic rings. The van der Waals surface area contributed by atoms with Crippen LogP contribution in [0.4, 0.5) is 0 Å². The molecule has 28 heavy (non-hydrogen) atoms. The maximum absolute atomic E-state index is 5.88. The zero-order chi connectivity index (χ0) is 19.3. The summed E-state index contributed by atoms with van der Waals surface area (Å²) < 4.78 is 12.9. The summed E-state index contributed by atoms with van der Waals surface area (Å²) in [4.78, 5) is 4.42. The van der Waals surface area contributed by atoms with Gasteiger partial charge in [-0.25, -0.2) is 0 Å². The molecule has 0 spiro atoms. The lowest BCUT2D eigenvalue weighted by Gasteiger charge is -2.06. The monoisotopic (exact) mass is 413 g/mol. The van der Waals surface area contributed by atoms with Gasteiger partial charge in [0.2, 0.25) is 0 Å². The van der Waals surface area contributed by atoms with Crippen molar-refractivity contribution in [2.45, 2.75) is 17.5 Å². The summed E-state index contributed by atoms with van der Waals surface area (Å²) in [6.45, 7) is 0.312. The number of rotatable bonds is 7. The van der Waals surface area contributed by atoms with Gasteiger partial charge in [0.1, 0.15) is 12.4 Å². The van der Waals surface area contributed by atoms with Gasteiger partial charge in [-0.05, 0) is 36.4 Å². The Morgan fingerprint density at radius 3 is 2.64 bits per heavy atom. The van der Waals surface area contributed by atoms with Crippen molar-refractivity contribution in [2.75, 3.05) is 0 Å². The van der Waals surface area contributed by atoms with Crippen LogP contribution in [0.15, 0.2) is 64.3 Å². The zero-order valence-electron chi connectivity index (χ0n) is 14.9. The predicted octanol–water partition coefficient (Wildman–Crippen LogP) is 4.39.